The number of aromatic hydroxyl groups is 1. The quantitative estimate of drug-likeness (QED) is 0.214. The first-order valence-corrected chi connectivity index (χ1v) is 11.6. The van der Waals surface area contributed by atoms with E-state index in [4.69, 9.17) is 11.6 Å². The molecule has 15 heteroatoms. The zero-order valence-electron chi connectivity index (χ0n) is 18.5. The van der Waals surface area contributed by atoms with Crippen LogP contribution in [0.15, 0.2) is 38.5 Å². The molecule has 2 unspecified atom stereocenters. The summed E-state index contributed by atoms with van der Waals surface area (Å²) in [6.45, 7) is -0.122. The van der Waals surface area contributed by atoms with Crippen molar-refractivity contribution in [3.8, 4) is 5.75 Å². The Bertz CT molecular complexity index is 1270. The highest BCUT2D eigenvalue weighted by Crippen LogP contribution is 2.36. The Morgan fingerprint density at radius 1 is 1.25 bits per heavy atom. The van der Waals surface area contributed by atoms with Gasteiger partial charge >= 0.3 is 5.97 Å². The maximum Gasteiger partial charge on any atom is 0.305 e. The number of hydrogen-bond acceptors (Lipinski definition) is 9. The van der Waals surface area contributed by atoms with E-state index in [0.717, 1.165) is 6.07 Å². The molecule has 3 rings (SSSR count). The van der Waals surface area contributed by atoms with Crippen LogP contribution in [-0.4, -0.2) is 69.8 Å². The molecule has 1 aliphatic rings. The number of carbonyl (C=O) groups is 3. The largest absolute Gasteiger partial charge is 0.506 e. The summed E-state index contributed by atoms with van der Waals surface area (Å²) in [5, 5.41) is 39.6. The zero-order valence-corrected chi connectivity index (χ0v) is 20.8. The number of carboxylic acids is 1. The van der Waals surface area contributed by atoms with Crippen LogP contribution in [0.3, 0.4) is 0 Å². The number of phenols is 1. The van der Waals surface area contributed by atoms with Gasteiger partial charge in [0.2, 0.25) is 5.91 Å². The summed E-state index contributed by atoms with van der Waals surface area (Å²) in [6, 6.07) is 3.82. The van der Waals surface area contributed by atoms with E-state index in [1.807, 2.05) is 0 Å². The van der Waals surface area contributed by atoms with Crippen molar-refractivity contribution in [1.29, 1.82) is 0 Å². The summed E-state index contributed by atoms with van der Waals surface area (Å²) in [4.78, 5) is 55.1. The molecule has 13 nitrogen and oxygen atoms in total. The van der Waals surface area contributed by atoms with Gasteiger partial charge in [-0.3, -0.25) is 24.2 Å². The highest BCUT2D eigenvalue weighted by atomic mass is 79.9. The van der Waals surface area contributed by atoms with Crippen molar-refractivity contribution >= 4 is 57.1 Å². The Labute approximate surface area is 217 Å². The van der Waals surface area contributed by atoms with E-state index in [0.29, 0.717) is 5.96 Å². The predicted molar refractivity (Wildman–Crippen MR) is 133 cm³/mol. The van der Waals surface area contributed by atoms with Crippen LogP contribution < -0.4 is 26.7 Å². The number of aromatic nitrogens is 1. The van der Waals surface area contributed by atoms with E-state index in [2.05, 4.69) is 47.2 Å². The topological polar surface area (TPSA) is 205 Å². The molecule has 1 aromatic carbocycles. The van der Waals surface area contributed by atoms with E-state index in [-0.39, 0.29) is 45.4 Å². The fourth-order valence-electron chi connectivity index (χ4n) is 3.24. The molecule has 0 aliphatic carbocycles. The highest BCUT2D eigenvalue weighted by Gasteiger charge is 2.23. The fraction of sp³-hybridized carbons (Fsp3) is 0.286. The maximum atomic E-state index is 12.5. The van der Waals surface area contributed by atoms with Crippen LogP contribution in [-0.2, 0) is 9.59 Å². The van der Waals surface area contributed by atoms with Crippen molar-refractivity contribution in [3.05, 3.63) is 55.2 Å². The minimum absolute atomic E-state index is 0.0753. The third-order valence-corrected chi connectivity index (χ3v) is 5.68. The number of pyridine rings is 1. The minimum Gasteiger partial charge on any atom is -0.506 e. The van der Waals surface area contributed by atoms with Crippen LogP contribution in [0, 0.1) is 0 Å². The summed E-state index contributed by atoms with van der Waals surface area (Å²) < 4.78 is 0.214. The number of benzene rings is 1. The normalized spacial score (nSPS) is 15.8. The van der Waals surface area contributed by atoms with E-state index >= 15 is 0 Å². The molecule has 0 radical (unpaired) electrons. The first-order valence-electron chi connectivity index (χ1n) is 10.5. The lowest BCUT2D eigenvalue weighted by Gasteiger charge is -2.20. The van der Waals surface area contributed by atoms with Gasteiger partial charge in [-0.2, -0.15) is 0 Å². The molecule has 2 atom stereocenters. The van der Waals surface area contributed by atoms with Crippen molar-refractivity contribution in [3.63, 3.8) is 0 Å². The number of nitrogens with one attached hydrogen (secondary N) is 5. The third kappa shape index (κ3) is 7.44. The monoisotopic (exact) mass is 584 g/mol. The number of carbonyl (C=O) groups excluding carboxylic acids is 2. The van der Waals surface area contributed by atoms with Gasteiger partial charge < -0.3 is 41.6 Å². The Hall–Kier alpha value is -3.62. The van der Waals surface area contributed by atoms with Gasteiger partial charge in [0.1, 0.15) is 17.3 Å². The number of rotatable bonds is 8. The number of aliphatic hydroxyl groups excluding tert-OH is 1. The number of amides is 2. The van der Waals surface area contributed by atoms with Crippen molar-refractivity contribution in [2.45, 2.75) is 18.6 Å². The van der Waals surface area contributed by atoms with Crippen molar-refractivity contribution < 1.29 is 29.7 Å². The average molecular weight is 586 g/mol. The van der Waals surface area contributed by atoms with Gasteiger partial charge in [0.05, 0.1) is 36.1 Å². The molecule has 192 valence electrons. The fourth-order valence-corrected chi connectivity index (χ4v) is 4.08. The van der Waals surface area contributed by atoms with Crippen LogP contribution in [0.2, 0.25) is 5.02 Å². The molecule has 0 fully saturated rings. The van der Waals surface area contributed by atoms with Gasteiger partial charge in [-0.1, -0.05) is 11.6 Å². The highest BCUT2D eigenvalue weighted by molar-refractivity contribution is 9.10. The Balaban J connectivity index is 1.66. The second kappa shape index (κ2) is 11.9. The molecule has 0 saturated carbocycles. The molecule has 1 aliphatic heterocycles. The van der Waals surface area contributed by atoms with E-state index in [1.165, 1.54) is 18.2 Å². The third-order valence-electron chi connectivity index (χ3n) is 4.86. The first-order chi connectivity index (χ1) is 17.0. The predicted octanol–water partition coefficient (Wildman–Crippen LogP) is 0.290. The standard InChI is InChI=1S/C21H22BrClN6O7/c22-13-2-9(23)1-12(19(13)35)14(5-18(33)34)28-17(32)8-24-20(36)15-3-10(30)4-16(27-15)29-21-25-6-11(31)7-26-21/h1-4,11,14,31,35H,5-8H2,(H,24,36)(H,28,32)(H,33,34)(H3,25,26,27,29,30). The van der Waals surface area contributed by atoms with Crippen LogP contribution in [0.25, 0.3) is 0 Å². The van der Waals surface area contributed by atoms with Crippen molar-refractivity contribution in [2.24, 2.45) is 4.99 Å². The van der Waals surface area contributed by atoms with Gasteiger partial charge in [0.15, 0.2) is 11.4 Å². The lowest BCUT2D eigenvalue weighted by molar-refractivity contribution is -0.137. The number of halogens is 2. The van der Waals surface area contributed by atoms with E-state index in [9.17, 15) is 34.5 Å². The smallest absolute Gasteiger partial charge is 0.305 e. The van der Waals surface area contributed by atoms with Crippen molar-refractivity contribution in [1.82, 2.24) is 20.9 Å². The molecular formula is C21H22BrClN6O7. The molecule has 0 spiro atoms. The number of hydrogen-bond donors (Lipinski definition) is 8. The molecule has 8 N–H and O–H groups in total. The number of nitrogens with zero attached hydrogens (tertiary/aromatic N) is 1. The summed E-state index contributed by atoms with van der Waals surface area (Å²) in [5.41, 5.74) is -0.565. The van der Waals surface area contributed by atoms with Gasteiger partial charge in [0.25, 0.3) is 5.91 Å². The van der Waals surface area contributed by atoms with Crippen molar-refractivity contribution in [2.75, 3.05) is 25.0 Å². The maximum absolute atomic E-state index is 12.5. The van der Waals surface area contributed by atoms with Crippen LogP contribution in [0.5, 0.6) is 5.75 Å². The average Bonchev–Trinajstić information content (AvgIpc) is 2.80. The number of H-pyrrole nitrogens is 1. The zero-order chi connectivity index (χ0) is 26.4. The second-order valence-corrected chi connectivity index (χ2v) is 9.01. The molecule has 36 heavy (non-hydrogen) atoms. The Morgan fingerprint density at radius 3 is 2.67 bits per heavy atom. The molecule has 2 amide bonds. The number of aliphatic imine (C=N–C) groups is 1. The first kappa shape index (κ1) is 27.0. The number of aliphatic carboxylic acids is 1. The molecule has 0 saturated heterocycles. The Morgan fingerprint density at radius 2 is 2.00 bits per heavy atom. The molecule has 2 aromatic rings. The summed E-state index contributed by atoms with van der Waals surface area (Å²) >= 11 is 9.10. The van der Waals surface area contributed by atoms with Crippen LogP contribution in [0.1, 0.15) is 28.5 Å². The second-order valence-electron chi connectivity index (χ2n) is 7.72. The van der Waals surface area contributed by atoms with Crippen LogP contribution >= 0.6 is 27.5 Å². The number of aromatic amines is 1. The van der Waals surface area contributed by atoms with E-state index < -0.39 is 48.3 Å². The summed E-state index contributed by atoms with van der Waals surface area (Å²) in [7, 11) is 0. The van der Waals surface area contributed by atoms with E-state index in [1.54, 1.807) is 0 Å². The van der Waals surface area contributed by atoms with Gasteiger partial charge in [0, 0.05) is 29.3 Å². The SMILES string of the molecule is O=C(O)CC(NC(=O)CNC(=O)c1cc(=O)cc(NC2=NCC(O)CN2)[nH]1)c1cc(Cl)cc(Br)c1O. The van der Waals surface area contributed by atoms with Crippen LogP contribution in [0.4, 0.5) is 5.82 Å². The van der Waals surface area contributed by atoms with Gasteiger partial charge in [-0.15, -0.1) is 0 Å². The summed E-state index contributed by atoms with van der Waals surface area (Å²) in [5.74, 6) is -2.60. The summed E-state index contributed by atoms with van der Waals surface area (Å²) in [6.07, 6.45) is -1.19. The van der Waals surface area contributed by atoms with Gasteiger partial charge in [-0.25, -0.2) is 0 Å². The molecular weight excluding hydrogens is 564 g/mol. The number of anilines is 1. The number of carboxylic acid groups (broad SMARTS) is 1. The number of aliphatic hydroxyl groups is 1. The lowest BCUT2D eigenvalue weighted by Crippen LogP contribution is -2.43. The number of phenolic OH excluding ortho intramolecular Hbond substituents is 1. The minimum atomic E-state index is -1.24. The molecule has 1 aromatic heterocycles. The molecule has 0 bridgehead atoms. The lowest BCUT2D eigenvalue weighted by atomic mass is 10.0. The molecule has 2 heterocycles. The number of guanidine groups is 1. The Kier molecular flexibility index (Phi) is 8.90. The van der Waals surface area contributed by atoms with Gasteiger partial charge in [-0.05, 0) is 28.1 Å². The number of β-amino-alcohol motifs (C(OH)–C–C–N with tert-alkyl or cyclic N) is 1.